The second kappa shape index (κ2) is 7.88. The van der Waals surface area contributed by atoms with Crippen LogP contribution in [0.4, 0.5) is 11.6 Å². The van der Waals surface area contributed by atoms with Gasteiger partial charge in [-0.2, -0.15) is 0 Å². The van der Waals surface area contributed by atoms with Crippen molar-refractivity contribution in [1.29, 1.82) is 0 Å². The van der Waals surface area contributed by atoms with E-state index in [1.54, 1.807) is 20.1 Å². The highest BCUT2D eigenvalue weighted by molar-refractivity contribution is 6.37. The summed E-state index contributed by atoms with van der Waals surface area (Å²) in [5.41, 5.74) is -0.904. The molecule has 0 saturated heterocycles. The van der Waals surface area contributed by atoms with E-state index in [2.05, 4.69) is 15.6 Å². The second-order valence-corrected chi connectivity index (χ2v) is 5.59. The molecule has 3 N–H and O–H groups in total. The Labute approximate surface area is 129 Å². The lowest BCUT2D eigenvalue weighted by Gasteiger charge is -2.24. The van der Waals surface area contributed by atoms with Gasteiger partial charge in [-0.1, -0.05) is 23.2 Å². The summed E-state index contributed by atoms with van der Waals surface area (Å²) in [7, 11) is 1.60. The van der Waals surface area contributed by atoms with Gasteiger partial charge < -0.3 is 20.5 Å². The first kappa shape index (κ1) is 17.3. The van der Waals surface area contributed by atoms with Crippen molar-refractivity contribution in [3.8, 4) is 0 Å². The molecule has 0 radical (unpaired) electrons. The third-order valence-corrected chi connectivity index (χ3v) is 3.33. The number of pyridine rings is 1. The molecular formula is C13H21Cl2N3O2. The highest BCUT2D eigenvalue weighted by Gasteiger charge is 2.20. The summed E-state index contributed by atoms with van der Waals surface area (Å²) in [5.74, 6) is 1.06. The van der Waals surface area contributed by atoms with Gasteiger partial charge in [0.05, 0.1) is 15.6 Å². The highest BCUT2D eigenvalue weighted by atomic mass is 35.5. The lowest BCUT2D eigenvalue weighted by atomic mass is 10.0. The van der Waals surface area contributed by atoms with Crippen molar-refractivity contribution < 1.29 is 9.84 Å². The molecule has 20 heavy (non-hydrogen) atoms. The van der Waals surface area contributed by atoms with Crippen LogP contribution in [0.25, 0.3) is 0 Å². The van der Waals surface area contributed by atoms with Crippen LogP contribution in [0.5, 0.6) is 0 Å². The molecule has 5 nitrogen and oxygen atoms in total. The quantitative estimate of drug-likeness (QED) is 0.686. The number of rotatable bonds is 8. The molecular weight excluding hydrogens is 301 g/mol. The van der Waals surface area contributed by atoms with Gasteiger partial charge in [0.15, 0.2) is 0 Å². The van der Waals surface area contributed by atoms with E-state index in [1.165, 1.54) is 0 Å². The number of aromatic nitrogens is 1. The van der Waals surface area contributed by atoms with Crippen LogP contribution in [-0.4, -0.2) is 42.5 Å². The first-order valence-corrected chi connectivity index (χ1v) is 7.20. The Bertz CT molecular complexity index is 442. The van der Waals surface area contributed by atoms with Gasteiger partial charge in [-0.25, -0.2) is 4.98 Å². The third kappa shape index (κ3) is 5.32. The largest absolute Gasteiger partial charge is 0.388 e. The van der Waals surface area contributed by atoms with Crippen molar-refractivity contribution in [3.05, 3.63) is 16.1 Å². The fourth-order valence-electron chi connectivity index (χ4n) is 1.57. The number of aliphatic hydroxyl groups is 1. The van der Waals surface area contributed by atoms with E-state index in [9.17, 15) is 5.11 Å². The first-order valence-electron chi connectivity index (χ1n) is 6.44. The molecule has 0 aromatic carbocycles. The molecule has 1 unspecified atom stereocenters. The number of hydrogen-bond acceptors (Lipinski definition) is 5. The first-order chi connectivity index (χ1) is 9.39. The van der Waals surface area contributed by atoms with Crippen molar-refractivity contribution in [3.63, 3.8) is 0 Å². The van der Waals surface area contributed by atoms with Crippen LogP contribution in [0.3, 0.4) is 0 Å². The Morgan fingerprint density at radius 1 is 1.30 bits per heavy atom. The van der Waals surface area contributed by atoms with E-state index in [1.807, 2.05) is 6.92 Å². The van der Waals surface area contributed by atoms with Gasteiger partial charge >= 0.3 is 0 Å². The monoisotopic (exact) mass is 321 g/mol. The number of nitrogens with zero attached hydrogens (tertiary/aromatic N) is 1. The van der Waals surface area contributed by atoms with Crippen molar-refractivity contribution in [2.24, 2.45) is 0 Å². The number of halogens is 2. The molecule has 0 aliphatic carbocycles. The van der Waals surface area contributed by atoms with Crippen molar-refractivity contribution in [2.75, 3.05) is 37.4 Å². The summed E-state index contributed by atoms with van der Waals surface area (Å²) in [6, 6.07) is 1.63. The Hall–Kier alpha value is -0.750. The van der Waals surface area contributed by atoms with E-state index >= 15 is 0 Å². The Morgan fingerprint density at radius 3 is 2.45 bits per heavy atom. The van der Waals surface area contributed by atoms with Gasteiger partial charge in [0.2, 0.25) is 0 Å². The highest BCUT2D eigenvalue weighted by Crippen LogP contribution is 2.29. The molecule has 0 amide bonds. The molecule has 7 heteroatoms. The van der Waals surface area contributed by atoms with Crippen molar-refractivity contribution in [1.82, 2.24) is 4.98 Å². The molecule has 0 aliphatic heterocycles. The van der Waals surface area contributed by atoms with Crippen LogP contribution in [-0.2, 0) is 4.74 Å². The zero-order valence-electron chi connectivity index (χ0n) is 12.0. The molecule has 114 valence electrons. The zero-order valence-corrected chi connectivity index (χ0v) is 13.5. The molecule has 1 aromatic rings. The van der Waals surface area contributed by atoms with E-state index < -0.39 is 5.60 Å². The van der Waals surface area contributed by atoms with Crippen LogP contribution in [0.15, 0.2) is 6.07 Å². The third-order valence-electron chi connectivity index (χ3n) is 2.76. The number of methoxy groups -OCH3 is 1. The van der Waals surface area contributed by atoms with Gasteiger partial charge in [0, 0.05) is 33.2 Å². The lowest BCUT2D eigenvalue weighted by Crippen LogP contribution is -2.35. The van der Waals surface area contributed by atoms with Crippen LogP contribution in [0.1, 0.15) is 20.3 Å². The number of anilines is 2. The lowest BCUT2D eigenvalue weighted by molar-refractivity contribution is 0.0357. The van der Waals surface area contributed by atoms with Gasteiger partial charge in [0.25, 0.3) is 0 Å². The average Bonchev–Trinajstić information content (AvgIpc) is 2.38. The standard InChI is InChI=1S/C13H21Cl2N3O2/c1-4-16-11-9(14)7-10(15)12(18-11)17-8-13(2,19)5-6-20-3/h7,19H,4-6,8H2,1-3H3,(H2,16,17,18). The molecule has 0 aliphatic rings. The predicted octanol–water partition coefficient (Wildman–Crippen LogP) is 3.02. The van der Waals surface area contributed by atoms with Gasteiger partial charge in [0.1, 0.15) is 11.6 Å². The van der Waals surface area contributed by atoms with Crippen LogP contribution in [0.2, 0.25) is 10.0 Å². The number of hydrogen-bond donors (Lipinski definition) is 3. The zero-order chi connectivity index (χ0) is 15.2. The molecule has 0 bridgehead atoms. The smallest absolute Gasteiger partial charge is 0.147 e. The summed E-state index contributed by atoms with van der Waals surface area (Å²) < 4.78 is 4.96. The number of nitrogens with one attached hydrogen (secondary N) is 2. The molecule has 1 atom stereocenters. The minimum absolute atomic E-state index is 0.316. The Morgan fingerprint density at radius 2 is 1.90 bits per heavy atom. The van der Waals surface area contributed by atoms with Crippen LogP contribution in [0, 0.1) is 0 Å². The second-order valence-electron chi connectivity index (χ2n) is 4.77. The molecule has 1 aromatic heterocycles. The molecule has 0 spiro atoms. The van der Waals surface area contributed by atoms with Crippen LogP contribution < -0.4 is 10.6 Å². The number of ether oxygens (including phenoxy) is 1. The summed E-state index contributed by atoms with van der Waals surface area (Å²) in [4.78, 5) is 4.32. The van der Waals surface area contributed by atoms with Gasteiger partial charge in [-0.15, -0.1) is 0 Å². The molecule has 1 heterocycles. The SMILES string of the molecule is CCNc1nc(NCC(C)(O)CCOC)c(Cl)cc1Cl. The van der Waals surface area contributed by atoms with Crippen molar-refractivity contribution >= 4 is 34.8 Å². The maximum Gasteiger partial charge on any atom is 0.147 e. The van der Waals surface area contributed by atoms with Crippen LogP contribution >= 0.6 is 23.2 Å². The topological polar surface area (TPSA) is 66.4 Å². The van der Waals surface area contributed by atoms with E-state index in [-0.39, 0.29) is 0 Å². The van der Waals surface area contributed by atoms with Crippen molar-refractivity contribution in [2.45, 2.75) is 25.9 Å². The maximum absolute atomic E-state index is 10.2. The summed E-state index contributed by atoms with van der Waals surface area (Å²) in [6.45, 7) is 5.19. The Balaban J connectivity index is 2.74. The average molecular weight is 322 g/mol. The summed E-state index contributed by atoms with van der Waals surface area (Å²) >= 11 is 12.1. The van der Waals surface area contributed by atoms with Gasteiger partial charge in [-0.3, -0.25) is 0 Å². The fraction of sp³-hybridized carbons (Fsp3) is 0.615. The minimum atomic E-state index is -0.904. The molecule has 0 fully saturated rings. The minimum Gasteiger partial charge on any atom is -0.388 e. The summed E-state index contributed by atoms with van der Waals surface area (Å²) in [5, 5.41) is 17.1. The fourth-order valence-corrected chi connectivity index (χ4v) is 2.06. The molecule has 1 rings (SSSR count). The van der Waals surface area contributed by atoms with E-state index in [4.69, 9.17) is 27.9 Å². The maximum atomic E-state index is 10.2. The molecule has 0 saturated carbocycles. The normalized spacial score (nSPS) is 13.9. The Kier molecular flexibility index (Phi) is 6.82. The van der Waals surface area contributed by atoms with E-state index in [0.717, 1.165) is 0 Å². The summed E-state index contributed by atoms with van der Waals surface area (Å²) in [6.07, 6.45) is 0.516. The predicted molar refractivity (Wildman–Crippen MR) is 84.0 cm³/mol. The van der Waals surface area contributed by atoms with Gasteiger partial charge in [-0.05, 0) is 19.9 Å². The van der Waals surface area contributed by atoms with E-state index in [0.29, 0.717) is 47.8 Å².